The molecule has 2 heteroatoms. The summed E-state index contributed by atoms with van der Waals surface area (Å²) < 4.78 is 5.87. The molecule has 2 atom stereocenters. The molecule has 0 amide bonds. The second-order valence-corrected chi connectivity index (χ2v) is 5.25. The molecule has 2 nitrogen and oxygen atoms in total. The zero-order valence-electron chi connectivity index (χ0n) is 12.6. The van der Waals surface area contributed by atoms with Crippen molar-refractivity contribution in [1.29, 1.82) is 0 Å². The van der Waals surface area contributed by atoms with Crippen LogP contribution >= 0.6 is 0 Å². The average Bonchev–Trinajstić information content (AvgIpc) is 2.44. The van der Waals surface area contributed by atoms with Gasteiger partial charge in [0.05, 0.1) is 12.7 Å². The Morgan fingerprint density at radius 3 is 2.47 bits per heavy atom. The van der Waals surface area contributed by atoms with Crippen molar-refractivity contribution in [2.45, 2.75) is 59.0 Å². The third-order valence-electron chi connectivity index (χ3n) is 3.56. The summed E-state index contributed by atoms with van der Waals surface area (Å²) in [5, 5.41) is 10.00. The van der Waals surface area contributed by atoms with E-state index in [0.717, 1.165) is 37.2 Å². The highest BCUT2D eigenvalue weighted by Gasteiger charge is 2.09. The van der Waals surface area contributed by atoms with Gasteiger partial charge >= 0.3 is 0 Å². The smallest absolute Gasteiger partial charge is 0.119 e. The van der Waals surface area contributed by atoms with Crippen LogP contribution in [0.15, 0.2) is 24.3 Å². The molecule has 2 unspecified atom stereocenters. The predicted octanol–water partition coefficient (Wildman–Crippen LogP) is 4.73. The molecule has 108 valence electrons. The molecule has 0 aliphatic heterocycles. The van der Waals surface area contributed by atoms with E-state index in [1.165, 1.54) is 12.8 Å². The molecule has 0 spiro atoms. The van der Waals surface area contributed by atoms with Crippen molar-refractivity contribution in [2.24, 2.45) is 5.92 Å². The van der Waals surface area contributed by atoms with Gasteiger partial charge in [-0.05, 0) is 36.5 Å². The van der Waals surface area contributed by atoms with Crippen LogP contribution in [0.25, 0.3) is 0 Å². The van der Waals surface area contributed by atoms with E-state index < -0.39 is 0 Å². The lowest BCUT2D eigenvalue weighted by Gasteiger charge is -2.16. The van der Waals surface area contributed by atoms with Crippen molar-refractivity contribution < 1.29 is 9.84 Å². The molecule has 1 N–H and O–H groups in total. The summed E-state index contributed by atoms with van der Waals surface area (Å²) in [6, 6.07) is 7.88. The Morgan fingerprint density at radius 2 is 1.84 bits per heavy atom. The maximum atomic E-state index is 10.00. The molecule has 1 aromatic rings. The van der Waals surface area contributed by atoms with Gasteiger partial charge in [-0.3, -0.25) is 0 Å². The summed E-state index contributed by atoms with van der Waals surface area (Å²) >= 11 is 0. The molecule has 0 heterocycles. The van der Waals surface area contributed by atoms with Gasteiger partial charge in [-0.25, -0.2) is 0 Å². The van der Waals surface area contributed by atoms with Gasteiger partial charge in [0.15, 0.2) is 0 Å². The van der Waals surface area contributed by atoms with Crippen LogP contribution in [0.2, 0.25) is 0 Å². The molecule has 0 saturated heterocycles. The summed E-state index contributed by atoms with van der Waals surface area (Å²) in [6.07, 6.45) is 5.00. The first-order valence-electron chi connectivity index (χ1n) is 7.62. The lowest BCUT2D eigenvalue weighted by Crippen LogP contribution is -2.11. The number of ether oxygens (including phenoxy) is 1. The highest BCUT2D eigenvalue weighted by atomic mass is 16.5. The highest BCUT2D eigenvalue weighted by Crippen LogP contribution is 2.23. The van der Waals surface area contributed by atoms with E-state index in [1.54, 1.807) is 0 Å². The van der Waals surface area contributed by atoms with Crippen molar-refractivity contribution in [3.63, 3.8) is 0 Å². The van der Waals surface area contributed by atoms with Gasteiger partial charge in [-0.1, -0.05) is 52.2 Å². The van der Waals surface area contributed by atoms with Crippen LogP contribution in [0.4, 0.5) is 0 Å². The number of hydrogen-bond donors (Lipinski definition) is 1. The third-order valence-corrected chi connectivity index (χ3v) is 3.56. The predicted molar refractivity (Wildman–Crippen MR) is 80.5 cm³/mol. The van der Waals surface area contributed by atoms with Crippen LogP contribution in [0, 0.1) is 5.92 Å². The van der Waals surface area contributed by atoms with E-state index >= 15 is 0 Å². The Balaban J connectivity index is 2.56. The molecule has 0 aromatic heterocycles. The largest absolute Gasteiger partial charge is 0.493 e. The van der Waals surface area contributed by atoms with Crippen molar-refractivity contribution in [1.82, 2.24) is 0 Å². The maximum absolute atomic E-state index is 10.00. The van der Waals surface area contributed by atoms with E-state index in [0.29, 0.717) is 5.92 Å². The third kappa shape index (κ3) is 5.65. The van der Waals surface area contributed by atoms with Crippen LogP contribution in [-0.2, 0) is 0 Å². The van der Waals surface area contributed by atoms with Crippen molar-refractivity contribution in [3.8, 4) is 5.75 Å². The van der Waals surface area contributed by atoms with E-state index in [1.807, 2.05) is 24.3 Å². The fraction of sp³-hybridized carbons (Fsp3) is 0.647. The minimum absolute atomic E-state index is 0.369. The van der Waals surface area contributed by atoms with Crippen LogP contribution in [0.3, 0.4) is 0 Å². The van der Waals surface area contributed by atoms with Crippen molar-refractivity contribution in [3.05, 3.63) is 29.8 Å². The molecule has 1 rings (SSSR count). The lowest BCUT2D eigenvalue weighted by atomic mass is 10.0. The second kappa shape index (κ2) is 8.98. The Kier molecular flexibility index (Phi) is 7.57. The number of aliphatic hydroxyl groups is 1. The quantitative estimate of drug-likeness (QED) is 0.699. The van der Waals surface area contributed by atoms with Crippen LogP contribution in [0.5, 0.6) is 5.75 Å². The summed E-state index contributed by atoms with van der Waals surface area (Å²) in [4.78, 5) is 0. The Bertz CT molecular complexity index is 349. The first-order valence-corrected chi connectivity index (χ1v) is 7.62. The molecule has 0 fully saturated rings. The van der Waals surface area contributed by atoms with Gasteiger partial charge in [0.1, 0.15) is 5.75 Å². The van der Waals surface area contributed by atoms with Gasteiger partial charge in [0, 0.05) is 0 Å². The molecule has 0 saturated carbocycles. The topological polar surface area (TPSA) is 29.5 Å². The lowest BCUT2D eigenvalue weighted by molar-refractivity contribution is 0.165. The van der Waals surface area contributed by atoms with Gasteiger partial charge in [0.2, 0.25) is 0 Å². The first-order chi connectivity index (χ1) is 9.21. The zero-order chi connectivity index (χ0) is 14.1. The summed E-state index contributed by atoms with van der Waals surface area (Å²) in [5.41, 5.74) is 0.961. The average molecular weight is 264 g/mol. The maximum Gasteiger partial charge on any atom is 0.119 e. The number of rotatable bonds is 9. The number of benzene rings is 1. The van der Waals surface area contributed by atoms with Crippen LogP contribution in [-0.4, -0.2) is 11.7 Å². The summed E-state index contributed by atoms with van der Waals surface area (Å²) in [7, 11) is 0. The van der Waals surface area contributed by atoms with Gasteiger partial charge in [0.25, 0.3) is 0 Å². The van der Waals surface area contributed by atoms with Crippen molar-refractivity contribution >= 4 is 0 Å². The minimum atomic E-state index is -0.369. The summed E-state index contributed by atoms with van der Waals surface area (Å²) in [6.45, 7) is 7.29. The highest BCUT2D eigenvalue weighted by molar-refractivity contribution is 5.29. The molecule has 0 bridgehead atoms. The number of aliphatic hydroxyl groups excluding tert-OH is 1. The van der Waals surface area contributed by atoms with Crippen LogP contribution < -0.4 is 4.74 Å². The van der Waals surface area contributed by atoms with Gasteiger partial charge in [-0.15, -0.1) is 0 Å². The fourth-order valence-electron chi connectivity index (χ4n) is 2.28. The van der Waals surface area contributed by atoms with Crippen LogP contribution in [0.1, 0.15) is 64.5 Å². The normalized spacial score (nSPS) is 14.1. The summed E-state index contributed by atoms with van der Waals surface area (Å²) in [5.74, 6) is 1.51. The number of hydrogen-bond acceptors (Lipinski definition) is 2. The molecule has 1 aromatic carbocycles. The zero-order valence-corrected chi connectivity index (χ0v) is 12.6. The molecule has 19 heavy (non-hydrogen) atoms. The molecule has 0 aliphatic rings. The Morgan fingerprint density at radius 1 is 1.11 bits per heavy atom. The van der Waals surface area contributed by atoms with E-state index in [2.05, 4.69) is 20.8 Å². The molecule has 0 radical (unpaired) electrons. The molecular weight excluding hydrogens is 236 g/mol. The Labute approximate surface area is 117 Å². The fourth-order valence-corrected chi connectivity index (χ4v) is 2.28. The van der Waals surface area contributed by atoms with E-state index in [9.17, 15) is 5.11 Å². The van der Waals surface area contributed by atoms with Gasteiger partial charge in [-0.2, -0.15) is 0 Å². The molecular formula is C17H28O2. The monoisotopic (exact) mass is 264 g/mol. The standard InChI is InChI=1S/C17H28O2/c1-4-8-14(6-3)13-19-16-11-7-10-15(12-16)17(18)9-5-2/h7,10-12,14,17-18H,4-6,8-9,13H2,1-3H3. The van der Waals surface area contributed by atoms with Gasteiger partial charge < -0.3 is 9.84 Å². The first kappa shape index (κ1) is 16.0. The van der Waals surface area contributed by atoms with E-state index in [-0.39, 0.29) is 6.10 Å². The Hall–Kier alpha value is -1.02. The van der Waals surface area contributed by atoms with Crippen molar-refractivity contribution in [2.75, 3.05) is 6.61 Å². The SMILES string of the molecule is CCCC(CC)COc1cccc(C(O)CCC)c1. The molecule has 0 aliphatic carbocycles. The van der Waals surface area contributed by atoms with E-state index in [4.69, 9.17) is 4.74 Å². The second-order valence-electron chi connectivity index (χ2n) is 5.25. The minimum Gasteiger partial charge on any atom is -0.493 e.